The Labute approximate surface area is 171 Å². The Morgan fingerprint density at radius 1 is 1.10 bits per heavy atom. The summed E-state index contributed by atoms with van der Waals surface area (Å²) in [7, 11) is 0. The summed E-state index contributed by atoms with van der Waals surface area (Å²) in [5.41, 5.74) is 1.56. The number of imide groups is 1. The lowest BCUT2D eigenvalue weighted by atomic mass is 10.1. The fourth-order valence-electron chi connectivity index (χ4n) is 3.31. The molecule has 0 radical (unpaired) electrons. The molecule has 0 bridgehead atoms. The first-order valence-electron chi connectivity index (χ1n) is 9.98. The van der Waals surface area contributed by atoms with E-state index in [0.29, 0.717) is 32.5 Å². The molecule has 2 saturated heterocycles. The molecule has 0 spiro atoms. The number of piperidine rings is 1. The highest BCUT2D eigenvalue weighted by molar-refractivity contribution is 5.99. The van der Waals surface area contributed by atoms with E-state index < -0.39 is 11.7 Å². The average Bonchev–Trinajstić information content (AvgIpc) is 2.66. The van der Waals surface area contributed by atoms with E-state index in [1.54, 1.807) is 4.90 Å². The predicted octanol–water partition coefficient (Wildman–Crippen LogP) is 2.07. The second kappa shape index (κ2) is 8.82. The number of carbonyl (C=O) groups excluding carboxylic acids is 3. The molecule has 1 N–H and O–H groups in total. The van der Waals surface area contributed by atoms with Crippen molar-refractivity contribution in [1.82, 2.24) is 10.2 Å². The first-order chi connectivity index (χ1) is 13.7. The largest absolute Gasteiger partial charge is 0.444 e. The van der Waals surface area contributed by atoms with Crippen molar-refractivity contribution < 1.29 is 23.9 Å². The van der Waals surface area contributed by atoms with E-state index in [9.17, 15) is 14.4 Å². The third kappa shape index (κ3) is 5.93. The van der Waals surface area contributed by atoms with Crippen molar-refractivity contribution >= 4 is 23.6 Å². The van der Waals surface area contributed by atoms with Gasteiger partial charge in [-0.1, -0.05) is 12.1 Å². The molecule has 1 atom stereocenters. The van der Waals surface area contributed by atoms with Gasteiger partial charge >= 0.3 is 6.09 Å². The highest BCUT2D eigenvalue weighted by atomic mass is 16.6. The number of hydrogen-bond acceptors (Lipinski definition) is 6. The highest BCUT2D eigenvalue weighted by Crippen LogP contribution is 2.20. The fraction of sp³-hybridized carbons (Fsp3) is 0.571. The Hall–Kier alpha value is -2.61. The zero-order valence-electron chi connectivity index (χ0n) is 17.3. The maximum atomic E-state index is 12.2. The van der Waals surface area contributed by atoms with E-state index in [1.165, 1.54) is 0 Å². The summed E-state index contributed by atoms with van der Waals surface area (Å²) in [6, 6.07) is 7.99. The van der Waals surface area contributed by atoms with Gasteiger partial charge in [0.25, 0.3) is 5.91 Å². The molecule has 2 heterocycles. The summed E-state index contributed by atoms with van der Waals surface area (Å²) in [6.07, 6.45) is -0.110. The Kier molecular flexibility index (Phi) is 6.42. The predicted molar refractivity (Wildman–Crippen MR) is 107 cm³/mol. The summed E-state index contributed by atoms with van der Waals surface area (Å²) >= 11 is 0. The molecular formula is C21H29N3O5. The molecular weight excluding hydrogens is 374 g/mol. The first kappa shape index (κ1) is 21.1. The molecule has 0 aromatic heterocycles. The van der Waals surface area contributed by atoms with Crippen LogP contribution in [0.15, 0.2) is 24.3 Å². The van der Waals surface area contributed by atoms with Gasteiger partial charge in [0.2, 0.25) is 5.91 Å². The van der Waals surface area contributed by atoms with Crippen LogP contribution >= 0.6 is 0 Å². The van der Waals surface area contributed by atoms with E-state index >= 15 is 0 Å². The maximum Gasteiger partial charge on any atom is 0.410 e. The van der Waals surface area contributed by atoms with Crippen molar-refractivity contribution in [2.24, 2.45) is 0 Å². The van der Waals surface area contributed by atoms with E-state index in [4.69, 9.17) is 9.47 Å². The minimum absolute atomic E-state index is 0.244. The number of rotatable bonds is 4. The highest BCUT2D eigenvalue weighted by Gasteiger charge is 2.27. The van der Waals surface area contributed by atoms with Gasteiger partial charge < -0.3 is 19.3 Å². The van der Waals surface area contributed by atoms with Gasteiger partial charge in [0.1, 0.15) is 11.7 Å². The van der Waals surface area contributed by atoms with Crippen LogP contribution < -0.4 is 10.2 Å². The Bertz CT molecular complexity index is 749. The van der Waals surface area contributed by atoms with Gasteiger partial charge in [-0.25, -0.2) is 4.79 Å². The molecule has 2 fully saturated rings. The minimum atomic E-state index is -0.576. The van der Waals surface area contributed by atoms with Crippen molar-refractivity contribution in [3.05, 3.63) is 29.8 Å². The molecule has 2 aliphatic rings. The van der Waals surface area contributed by atoms with Crippen LogP contribution in [0.2, 0.25) is 0 Å². The Morgan fingerprint density at radius 2 is 1.76 bits per heavy atom. The van der Waals surface area contributed by atoms with E-state index in [0.717, 1.165) is 24.3 Å². The van der Waals surface area contributed by atoms with Crippen LogP contribution in [-0.2, 0) is 25.7 Å². The van der Waals surface area contributed by atoms with Gasteiger partial charge in [0, 0.05) is 38.3 Å². The number of benzene rings is 1. The second-order valence-electron chi connectivity index (χ2n) is 8.37. The number of amides is 3. The van der Waals surface area contributed by atoms with Crippen LogP contribution in [0.4, 0.5) is 10.5 Å². The average molecular weight is 403 g/mol. The molecule has 29 heavy (non-hydrogen) atoms. The molecule has 3 rings (SSSR count). The molecule has 0 aliphatic carbocycles. The van der Waals surface area contributed by atoms with Crippen molar-refractivity contribution in [3.63, 3.8) is 0 Å². The molecule has 1 aromatic rings. The summed E-state index contributed by atoms with van der Waals surface area (Å²) in [5.74, 6) is -0.605. The van der Waals surface area contributed by atoms with Crippen molar-refractivity contribution in [1.29, 1.82) is 0 Å². The summed E-state index contributed by atoms with van der Waals surface area (Å²) in [4.78, 5) is 39.1. The van der Waals surface area contributed by atoms with E-state index in [-0.39, 0.29) is 17.9 Å². The lowest BCUT2D eigenvalue weighted by Crippen LogP contribution is -2.50. The molecule has 8 nitrogen and oxygen atoms in total. The van der Waals surface area contributed by atoms with Gasteiger partial charge in [-0.05, 0) is 44.9 Å². The lowest BCUT2D eigenvalue weighted by molar-refractivity contribution is -0.143. The number of carbonyl (C=O) groups is 3. The molecule has 1 aromatic carbocycles. The van der Waals surface area contributed by atoms with Crippen LogP contribution in [0.3, 0.4) is 0 Å². The van der Waals surface area contributed by atoms with Crippen LogP contribution in [0.5, 0.6) is 0 Å². The third-order valence-corrected chi connectivity index (χ3v) is 4.87. The van der Waals surface area contributed by atoms with Crippen molar-refractivity contribution in [2.75, 3.05) is 31.1 Å². The van der Waals surface area contributed by atoms with Crippen molar-refractivity contribution in [2.45, 2.75) is 51.9 Å². The number of nitrogens with zero attached hydrogens (tertiary/aromatic N) is 2. The van der Waals surface area contributed by atoms with Crippen LogP contribution in [0, 0.1) is 0 Å². The van der Waals surface area contributed by atoms with E-state index in [2.05, 4.69) is 10.2 Å². The van der Waals surface area contributed by atoms with Crippen LogP contribution in [0.25, 0.3) is 0 Å². The number of nitrogens with one attached hydrogen (secondary N) is 1. The van der Waals surface area contributed by atoms with Gasteiger partial charge in [-0.2, -0.15) is 0 Å². The van der Waals surface area contributed by atoms with Gasteiger partial charge in [0.05, 0.1) is 6.61 Å². The number of hydrogen-bond donors (Lipinski definition) is 1. The number of piperazine rings is 1. The molecule has 0 saturated carbocycles. The summed E-state index contributed by atoms with van der Waals surface area (Å²) in [6.45, 7) is 8.64. The first-order valence-corrected chi connectivity index (χ1v) is 9.98. The standard InChI is InChI=1S/C21H29N3O5/c1-21(2,3)29-20(27)24-12-10-23(11-13-24)16-6-4-15(5-7-16)14-28-17-8-9-18(25)22-19(17)26/h4-7,17H,8-14H2,1-3H3,(H,22,25,26). The normalized spacial score (nSPS) is 20.4. The maximum absolute atomic E-state index is 12.2. The van der Waals surface area contributed by atoms with Crippen LogP contribution in [0.1, 0.15) is 39.2 Å². The SMILES string of the molecule is CC(C)(C)OC(=O)N1CCN(c2ccc(COC3CCC(=O)NC3=O)cc2)CC1. The Morgan fingerprint density at radius 3 is 2.34 bits per heavy atom. The summed E-state index contributed by atoms with van der Waals surface area (Å²) in [5, 5.41) is 2.30. The fourth-order valence-corrected chi connectivity index (χ4v) is 3.31. The second-order valence-corrected chi connectivity index (χ2v) is 8.37. The third-order valence-electron chi connectivity index (χ3n) is 4.87. The van der Waals surface area contributed by atoms with Gasteiger partial charge in [-0.15, -0.1) is 0 Å². The zero-order valence-corrected chi connectivity index (χ0v) is 17.3. The quantitative estimate of drug-likeness (QED) is 0.775. The van der Waals surface area contributed by atoms with Gasteiger partial charge in [0.15, 0.2) is 0 Å². The molecule has 2 aliphatic heterocycles. The zero-order chi connectivity index (χ0) is 21.0. The smallest absolute Gasteiger partial charge is 0.410 e. The molecule has 3 amide bonds. The van der Waals surface area contributed by atoms with E-state index in [1.807, 2.05) is 45.0 Å². The molecule has 8 heteroatoms. The minimum Gasteiger partial charge on any atom is -0.444 e. The monoisotopic (exact) mass is 403 g/mol. The summed E-state index contributed by atoms with van der Waals surface area (Å²) < 4.78 is 11.1. The lowest BCUT2D eigenvalue weighted by Gasteiger charge is -2.36. The molecule has 1 unspecified atom stereocenters. The topological polar surface area (TPSA) is 88.2 Å². The van der Waals surface area contributed by atoms with Crippen molar-refractivity contribution in [3.8, 4) is 0 Å². The van der Waals surface area contributed by atoms with Crippen LogP contribution in [-0.4, -0.2) is 60.7 Å². The Balaban J connectivity index is 1.46. The van der Waals surface area contributed by atoms with Gasteiger partial charge in [-0.3, -0.25) is 14.9 Å². The number of ether oxygens (including phenoxy) is 2. The number of anilines is 1. The molecule has 158 valence electrons.